The van der Waals surface area contributed by atoms with Crippen LogP contribution >= 0.6 is 0 Å². The number of pyridine rings is 1. The van der Waals surface area contributed by atoms with Gasteiger partial charge in [0.05, 0.1) is 12.8 Å². The predicted molar refractivity (Wildman–Crippen MR) is 99.5 cm³/mol. The van der Waals surface area contributed by atoms with Gasteiger partial charge in [0.15, 0.2) is 0 Å². The van der Waals surface area contributed by atoms with Gasteiger partial charge in [0.25, 0.3) is 5.91 Å². The summed E-state index contributed by atoms with van der Waals surface area (Å²) in [6.45, 7) is 1.78. The van der Waals surface area contributed by atoms with Gasteiger partial charge in [0, 0.05) is 30.8 Å². The number of ether oxygens (including phenoxy) is 1. The average molecular weight is 371 g/mol. The van der Waals surface area contributed by atoms with Crippen LogP contribution in [0.5, 0.6) is 5.88 Å². The Labute approximate surface area is 157 Å². The molecular formula is C20H22FN3O3. The van der Waals surface area contributed by atoms with E-state index in [1.165, 1.54) is 31.9 Å². The molecule has 0 atom stereocenters. The van der Waals surface area contributed by atoms with E-state index in [1.54, 1.807) is 12.1 Å². The molecule has 1 N–H and O–H groups in total. The van der Waals surface area contributed by atoms with Gasteiger partial charge < -0.3 is 10.1 Å². The highest BCUT2D eigenvalue weighted by molar-refractivity contribution is 5.93. The lowest BCUT2D eigenvalue weighted by molar-refractivity contribution is -0.0757. The van der Waals surface area contributed by atoms with Gasteiger partial charge in [-0.2, -0.15) is 0 Å². The highest BCUT2D eigenvalue weighted by Crippen LogP contribution is 2.21. The molecule has 27 heavy (non-hydrogen) atoms. The zero-order valence-corrected chi connectivity index (χ0v) is 15.4. The number of amides is 1. The third kappa shape index (κ3) is 4.69. The monoisotopic (exact) mass is 371 g/mol. The maximum absolute atomic E-state index is 14.3. The fraction of sp³-hybridized carbons (Fsp3) is 0.300. The Morgan fingerprint density at radius 2 is 2.19 bits per heavy atom. The number of benzene rings is 1. The molecule has 1 aromatic carbocycles. The molecule has 0 radical (unpaired) electrons. The molecule has 2 heterocycles. The van der Waals surface area contributed by atoms with E-state index < -0.39 is 11.7 Å². The molecule has 1 aliphatic rings. The molecule has 0 saturated carbocycles. The first-order chi connectivity index (χ1) is 13.1. The summed E-state index contributed by atoms with van der Waals surface area (Å²) < 4.78 is 20.0. The molecule has 142 valence electrons. The third-order valence-corrected chi connectivity index (χ3v) is 4.35. The van der Waals surface area contributed by atoms with Crippen molar-refractivity contribution in [1.82, 2.24) is 15.4 Å². The van der Waals surface area contributed by atoms with E-state index in [0.717, 1.165) is 30.3 Å². The van der Waals surface area contributed by atoms with Crippen LogP contribution in [-0.2, 0) is 11.4 Å². The average Bonchev–Trinajstić information content (AvgIpc) is 2.72. The van der Waals surface area contributed by atoms with Crippen LogP contribution in [0.4, 0.5) is 4.39 Å². The number of rotatable bonds is 6. The summed E-state index contributed by atoms with van der Waals surface area (Å²) in [6, 6.07) is 9.82. The first-order valence-electron chi connectivity index (χ1n) is 8.69. The van der Waals surface area contributed by atoms with Crippen LogP contribution in [0.3, 0.4) is 0 Å². The molecule has 0 saturated heterocycles. The minimum Gasteiger partial charge on any atom is -0.473 e. The molecule has 0 bridgehead atoms. The molecular weight excluding hydrogens is 349 g/mol. The Balaban J connectivity index is 1.68. The molecule has 1 aromatic heterocycles. The van der Waals surface area contributed by atoms with Crippen molar-refractivity contribution >= 4 is 11.5 Å². The Morgan fingerprint density at radius 1 is 1.33 bits per heavy atom. The van der Waals surface area contributed by atoms with Crippen molar-refractivity contribution in [2.24, 2.45) is 0 Å². The van der Waals surface area contributed by atoms with Crippen molar-refractivity contribution in [3.63, 3.8) is 0 Å². The van der Waals surface area contributed by atoms with Crippen molar-refractivity contribution in [3.05, 3.63) is 65.1 Å². The summed E-state index contributed by atoms with van der Waals surface area (Å²) in [7, 11) is 2.84. The summed E-state index contributed by atoms with van der Waals surface area (Å²) in [6.07, 6.45) is 3.03. The van der Waals surface area contributed by atoms with Gasteiger partial charge in [0.2, 0.25) is 5.88 Å². The minimum atomic E-state index is -0.512. The second-order valence-electron chi connectivity index (χ2n) is 6.12. The molecule has 0 fully saturated rings. The third-order valence-electron chi connectivity index (χ3n) is 4.35. The molecule has 0 spiro atoms. The Morgan fingerprint density at radius 3 is 2.89 bits per heavy atom. The van der Waals surface area contributed by atoms with Gasteiger partial charge in [-0.15, -0.1) is 0 Å². The number of nitrogens with one attached hydrogen (secondary N) is 1. The van der Waals surface area contributed by atoms with Crippen LogP contribution in [0.25, 0.3) is 5.57 Å². The summed E-state index contributed by atoms with van der Waals surface area (Å²) >= 11 is 0. The van der Waals surface area contributed by atoms with E-state index in [9.17, 15) is 9.18 Å². The zero-order chi connectivity index (χ0) is 19.2. The van der Waals surface area contributed by atoms with E-state index in [2.05, 4.69) is 16.4 Å². The summed E-state index contributed by atoms with van der Waals surface area (Å²) in [5.41, 5.74) is 2.60. The first-order valence-corrected chi connectivity index (χ1v) is 8.69. The highest BCUT2D eigenvalue weighted by atomic mass is 19.1. The van der Waals surface area contributed by atoms with E-state index >= 15 is 0 Å². The number of nitrogens with zero attached hydrogens (tertiary/aromatic N) is 2. The van der Waals surface area contributed by atoms with E-state index in [4.69, 9.17) is 9.57 Å². The molecule has 3 rings (SSSR count). The van der Waals surface area contributed by atoms with Crippen LogP contribution in [0.1, 0.15) is 28.0 Å². The van der Waals surface area contributed by atoms with E-state index in [1.807, 2.05) is 12.1 Å². The molecule has 2 aromatic rings. The maximum Gasteiger partial charge on any atom is 0.277 e. The second kappa shape index (κ2) is 8.75. The van der Waals surface area contributed by atoms with Crippen molar-refractivity contribution in [3.8, 4) is 5.88 Å². The van der Waals surface area contributed by atoms with Gasteiger partial charge in [-0.3, -0.25) is 9.63 Å². The van der Waals surface area contributed by atoms with Gasteiger partial charge in [-0.1, -0.05) is 18.2 Å². The predicted octanol–water partition coefficient (Wildman–Crippen LogP) is 2.81. The number of halogens is 1. The maximum atomic E-state index is 14.3. The summed E-state index contributed by atoms with van der Waals surface area (Å²) in [4.78, 5) is 21.3. The van der Waals surface area contributed by atoms with Crippen LogP contribution in [0, 0.1) is 5.82 Å². The van der Waals surface area contributed by atoms with Gasteiger partial charge in [-0.05, 0) is 36.7 Å². The van der Waals surface area contributed by atoms with Crippen LogP contribution < -0.4 is 10.1 Å². The van der Waals surface area contributed by atoms with Crippen molar-refractivity contribution in [2.75, 3.05) is 27.2 Å². The van der Waals surface area contributed by atoms with E-state index in [0.29, 0.717) is 11.4 Å². The Kier molecular flexibility index (Phi) is 6.16. The fourth-order valence-electron chi connectivity index (χ4n) is 2.74. The first kappa shape index (κ1) is 19.0. The SMILES string of the molecule is CON(C)C(=O)c1ccc(COc2cccc(C3=CCNCC3)n2)c(F)c1. The van der Waals surface area contributed by atoms with Crippen LogP contribution in [0.2, 0.25) is 0 Å². The summed E-state index contributed by atoms with van der Waals surface area (Å²) in [5.74, 6) is -0.498. The fourth-order valence-corrected chi connectivity index (χ4v) is 2.74. The van der Waals surface area contributed by atoms with Crippen molar-refractivity contribution in [1.29, 1.82) is 0 Å². The van der Waals surface area contributed by atoms with Crippen LogP contribution in [0.15, 0.2) is 42.5 Å². The molecule has 1 aliphatic heterocycles. The lowest BCUT2D eigenvalue weighted by Gasteiger charge is -2.15. The van der Waals surface area contributed by atoms with Crippen molar-refractivity contribution in [2.45, 2.75) is 13.0 Å². The lowest BCUT2D eigenvalue weighted by atomic mass is 10.1. The smallest absolute Gasteiger partial charge is 0.277 e. The Bertz CT molecular complexity index is 854. The second-order valence-corrected chi connectivity index (χ2v) is 6.12. The molecule has 1 amide bonds. The number of hydrogen-bond acceptors (Lipinski definition) is 5. The number of carbonyl (C=O) groups is 1. The number of carbonyl (C=O) groups excluding carboxylic acids is 1. The zero-order valence-electron chi connectivity index (χ0n) is 15.4. The Hall–Kier alpha value is -2.77. The molecule has 6 nitrogen and oxygen atoms in total. The normalized spacial score (nSPS) is 13.8. The number of hydrogen-bond donors (Lipinski definition) is 1. The lowest BCUT2D eigenvalue weighted by Crippen LogP contribution is -2.25. The number of aromatic nitrogens is 1. The number of hydroxylamine groups is 2. The van der Waals surface area contributed by atoms with Gasteiger partial charge in [0.1, 0.15) is 12.4 Å². The summed E-state index contributed by atoms with van der Waals surface area (Å²) in [5, 5.41) is 4.30. The molecule has 0 aliphatic carbocycles. The van der Waals surface area contributed by atoms with E-state index in [-0.39, 0.29) is 12.2 Å². The highest BCUT2D eigenvalue weighted by Gasteiger charge is 2.14. The topological polar surface area (TPSA) is 63.7 Å². The standard InChI is InChI=1S/C20H22FN3O3/c1-24(26-2)20(25)15-6-7-16(17(21)12-15)13-27-19-5-3-4-18(23-19)14-8-10-22-11-9-14/h3-8,12,22H,9-11,13H2,1-2H3. The van der Waals surface area contributed by atoms with Gasteiger partial charge >= 0.3 is 0 Å². The van der Waals surface area contributed by atoms with Gasteiger partial charge in [-0.25, -0.2) is 14.4 Å². The van der Waals surface area contributed by atoms with Crippen molar-refractivity contribution < 1.29 is 18.8 Å². The van der Waals surface area contributed by atoms with Crippen LogP contribution in [-0.4, -0.2) is 43.2 Å². The largest absolute Gasteiger partial charge is 0.473 e. The molecule has 7 heteroatoms. The quantitative estimate of drug-likeness (QED) is 0.791. The minimum absolute atomic E-state index is 0.0253. The molecule has 0 unspecified atom stereocenters.